The Balaban J connectivity index is 1.99. The standard InChI is InChI=1S/C27H38O7/c1-16-10-11-17(2)25-23(33-27(5,6)34-25)9-7-8-20-13-22(31-15-21(29)14-28)12-18(3)24(20)26(30)32-19(16)4/h7-8,10-13,16-17,19,21,23,25,28-29H,9,14-15H2,1-6H3/b8-7?,11-10-/t16-,17?,19?,21?,23?,25?/m1/s1. The van der Waals surface area contributed by atoms with E-state index >= 15 is 0 Å². The third kappa shape index (κ3) is 6.48. The number of aliphatic hydroxyl groups excluding tert-OH is 2. The van der Waals surface area contributed by atoms with E-state index in [1.54, 1.807) is 12.1 Å². The average molecular weight is 475 g/mol. The predicted molar refractivity (Wildman–Crippen MR) is 130 cm³/mol. The number of carbonyl (C=O) groups excluding carboxylic acids is 1. The van der Waals surface area contributed by atoms with Crippen molar-refractivity contribution in [3.05, 3.63) is 47.1 Å². The van der Waals surface area contributed by atoms with E-state index < -0.39 is 17.9 Å². The van der Waals surface area contributed by atoms with Crippen LogP contribution in [0.1, 0.15) is 62.5 Å². The minimum absolute atomic E-state index is 0.0185. The van der Waals surface area contributed by atoms with Crippen LogP contribution in [0.15, 0.2) is 30.4 Å². The number of ether oxygens (including phenoxy) is 4. The molecule has 0 aliphatic carbocycles. The molecule has 6 atom stereocenters. The number of rotatable bonds is 4. The lowest BCUT2D eigenvalue weighted by Gasteiger charge is -2.23. The fourth-order valence-electron chi connectivity index (χ4n) is 4.29. The molecule has 7 heteroatoms. The second-order valence-corrected chi connectivity index (χ2v) is 9.84. The zero-order valence-electron chi connectivity index (χ0n) is 21.0. The SMILES string of the molecule is Cc1cc(OCC(O)CO)cc2c1C(=O)OC(C)[C@H](C)/C=C\C(C)C1OC(C)(C)OC1CC=C2. The highest BCUT2D eigenvalue weighted by Gasteiger charge is 2.42. The van der Waals surface area contributed by atoms with Gasteiger partial charge in [-0.25, -0.2) is 4.79 Å². The molecule has 0 spiro atoms. The van der Waals surface area contributed by atoms with Gasteiger partial charge in [-0.05, 0) is 57.4 Å². The van der Waals surface area contributed by atoms with E-state index in [9.17, 15) is 9.90 Å². The quantitative estimate of drug-likeness (QED) is 0.502. The lowest BCUT2D eigenvalue weighted by molar-refractivity contribution is -0.148. The van der Waals surface area contributed by atoms with E-state index in [1.807, 2.05) is 46.8 Å². The fourth-order valence-corrected chi connectivity index (χ4v) is 4.29. The van der Waals surface area contributed by atoms with Crippen molar-refractivity contribution in [1.29, 1.82) is 0 Å². The van der Waals surface area contributed by atoms with Gasteiger partial charge < -0.3 is 29.2 Å². The molecule has 1 aromatic carbocycles. The van der Waals surface area contributed by atoms with Crippen LogP contribution >= 0.6 is 0 Å². The Morgan fingerprint density at radius 3 is 2.56 bits per heavy atom. The molecule has 0 aromatic heterocycles. The molecule has 0 radical (unpaired) electrons. The number of benzene rings is 1. The van der Waals surface area contributed by atoms with Crippen LogP contribution in [0.3, 0.4) is 0 Å². The average Bonchev–Trinajstić information content (AvgIpc) is 3.08. The molecule has 1 saturated heterocycles. The molecular weight excluding hydrogens is 436 g/mol. The molecular formula is C27H38O7. The molecule has 2 aliphatic heterocycles. The molecule has 3 rings (SSSR count). The minimum atomic E-state index is -0.980. The van der Waals surface area contributed by atoms with E-state index in [0.29, 0.717) is 28.9 Å². The third-order valence-electron chi connectivity index (χ3n) is 6.35. The predicted octanol–water partition coefficient (Wildman–Crippen LogP) is 4.04. The highest BCUT2D eigenvalue weighted by molar-refractivity contribution is 5.95. The molecule has 0 bridgehead atoms. The van der Waals surface area contributed by atoms with Gasteiger partial charge in [-0.1, -0.05) is 38.2 Å². The summed E-state index contributed by atoms with van der Waals surface area (Å²) in [5.74, 6) is -0.414. The van der Waals surface area contributed by atoms with Crippen LogP contribution in [0.2, 0.25) is 0 Å². The van der Waals surface area contributed by atoms with Crippen molar-refractivity contribution < 1.29 is 34.0 Å². The Labute approximate surface area is 202 Å². The summed E-state index contributed by atoms with van der Waals surface area (Å²) in [6.07, 6.45) is 7.14. The first-order chi connectivity index (χ1) is 16.0. The van der Waals surface area contributed by atoms with E-state index in [1.165, 1.54) is 0 Å². The number of fused-ring (bicyclic) bond motifs is 2. The van der Waals surface area contributed by atoms with Crippen molar-refractivity contribution in [2.24, 2.45) is 11.8 Å². The Hall–Kier alpha value is -2.19. The molecule has 1 fully saturated rings. The van der Waals surface area contributed by atoms with Gasteiger partial charge >= 0.3 is 5.97 Å². The van der Waals surface area contributed by atoms with Crippen LogP contribution in [0.4, 0.5) is 0 Å². The van der Waals surface area contributed by atoms with E-state index in [4.69, 9.17) is 24.1 Å². The monoisotopic (exact) mass is 474 g/mol. The molecule has 0 amide bonds. The Morgan fingerprint density at radius 1 is 1.15 bits per heavy atom. The van der Waals surface area contributed by atoms with Crippen molar-refractivity contribution in [1.82, 2.24) is 0 Å². The van der Waals surface area contributed by atoms with Crippen LogP contribution in [0, 0.1) is 18.8 Å². The van der Waals surface area contributed by atoms with Gasteiger partial charge in [0.1, 0.15) is 24.6 Å². The summed E-state index contributed by atoms with van der Waals surface area (Å²) in [5.41, 5.74) is 1.84. The van der Waals surface area contributed by atoms with E-state index in [-0.39, 0.29) is 43.4 Å². The Bertz CT molecular complexity index is 920. The summed E-state index contributed by atoms with van der Waals surface area (Å²) in [5, 5.41) is 18.7. The largest absolute Gasteiger partial charge is 0.491 e. The van der Waals surface area contributed by atoms with Crippen molar-refractivity contribution in [2.45, 2.75) is 78.2 Å². The number of hydrogen-bond acceptors (Lipinski definition) is 7. The second kappa shape index (κ2) is 11.0. The van der Waals surface area contributed by atoms with Gasteiger partial charge in [0, 0.05) is 11.8 Å². The van der Waals surface area contributed by atoms with Crippen LogP contribution in [-0.2, 0) is 14.2 Å². The number of aryl methyl sites for hydroxylation is 1. The summed E-state index contributed by atoms with van der Waals surface area (Å²) < 4.78 is 23.9. The zero-order valence-corrected chi connectivity index (χ0v) is 21.0. The summed E-state index contributed by atoms with van der Waals surface area (Å²) in [6.45, 7) is 11.3. The van der Waals surface area contributed by atoms with Gasteiger partial charge in [0.25, 0.3) is 0 Å². The molecule has 34 heavy (non-hydrogen) atoms. The molecule has 1 aromatic rings. The van der Waals surface area contributed by atoms with Crippen LogP contribution < -0.4 is 4.74 Å². The molecule has 2 aliphatic rings. The van der Waals surface area contributed by atoms with Crippen LogP contribution in [0.25, 0.3) is 6.08 Å². The van der Waals surface area contributed by atoms with Gasteiger partial charge in [0.2, 0.25) is 0 Å². The third-order valence-corrected chi connectivity index (χ3v) is 6.35. The van der Waals surface area contributed by atoms with Crippen LogP contribution in [-0.4, -0.2) is 59.6 Å². The van der Waals surface area contributed by atoms with Gasteiger partial charge in [-0.2, -0.15) is 0 Å². The molecule has 7 nitrogen and oxygen atoms in total. The molecule has 5 unspecified atom stereocenters. The first-order valence-corrected chi connectivity index (χ1v) is 12.0. The van der Waals surface area contributed by atoms with Crippen LogP contribution in [0.5, 0.6) is 5.75 Å². The first-order valence-electron chi connectivity index (χ1n) is 12.0. The summed E-state index contributed by atoms with van der Waals surface area (Å²) in [6, 6.07) is 3.49. The van der Waals surface area contributed by atoms with Gasteiger partial charge in [-0.3, -0.25) is 0 Å². The Morgan fingerprint density at radius 2 is 1.85 bits per heavy atom. The summed E-state index contributed by atoms with van der Waals surface area (Å²) in [4.78, 5) is 13.2. The van der Waals surface area contributed by atoms with Gasteiger partial charge in [0.15, 0.2) is 5.79 Å². The summed E-state index contributed by atoms with van der Waals surface area (Å²) >= 11 is 0. The highest BCUT2D eigenvalue weighted by Crippen LogP contribution is 2.35. The normalized spacial score (nSPS) is 31.1. The summed E-state index contributed by atoms with van der Waals surface area (Å²) in [7, 11) is 0. The van der Waals surface area contributed by atoms with Crippen molar-refractivity contribution in [2.75, 3.05) is 13.2 Å². The second-order valence-electron chi connectivity index (χ2n) is 9.84. The van der Waals surface area contributed by atoms with Crippen molar-refractivity contribution >= 4 is 12.0 Å². The molecule has 2 heterocycles. The lowest BCUT2D eigenvalue weighted by atomic mass is 9.94. The maximum atomic E-state index is 13.2. The van der Waals surface area contributed by atoms with E-state index in [0.717, 1.165) is 0 Å². The maximum absolute atomic E-state index is 13.2. The Kier molecular flexibility index (Phi) is 8.57. The number of cyclic esters (lactones) is 1. The maximum Gasteiger partial charge on any atom is 0.339 e. The minimum Gasteiger partial charge on any atom is -0.491 e. The smallest absolute Gasteiger partial charge is 0.339 e. The first kappa shape index (κ1) is 26.4. The topological polar surface area (TPSA) is 94.5 Å². The molecule has 2 N–H and O–H groups in total. The number of aliphatic hydroxyl groups is 2. The van der Waals surface area contributed by atoms with Crippen molar-refractivity contribution in [3.8, 4) is 5.75 Å². The molecule has 188 valence electrons. The highest BCUT2D eigenvalue weighted by atomic mass is 16.8. The van der Waals surface area contributed by atoms with Crippen molar-refractivity contribution in [3.63, 3.8) is 0 Å². The fraction of sp³-hybridized carbons (Fsp3) is 0.593. The number of hydrogen-bond donors (Lipinski definition) is 2. The van der Waals surface area contributed by atoms with Gasteiger partial charge in [0.05, 0.1) is 24.4 Å². The van der Waals surface area contributed by atoms with Gasteiger partial charge in [-0.15, -0.1) is 0 Å². The number of carbonyl (C=O) groups is 1. The van der Waals surface area contributed by atoms with E-state index in [2.05, 4.69) is 19.1 Å². The zero-order chi connectivity index (χ0) is 25.0. The lowest BCUT2D eigenvalue weighted by Crippen LogP contribution is -2.29. The molecule has 0 saturated carbocycles. The number of esters is 1.